The molecule has 1 unspecified atom stereocenters. The summed E-state index contributed by atoms with van der Waals surface area (Å²) in [5, 5.41) is 0. The molecule has 0 aromatic rings. The summed E-state index contributed by atoms with van der Waals surface area (Å²) in [5.74, 6) is 2.81. The van der Waals surface area contributed by atoms with Crippen molar-refractivity contribution >= 4 is 26.4 Å². The summed E-state index contributed by atoms with van der Waals surface area (Å²) in [7, 11) is 0.645. The monoisotopic (exact) mass is 148 g/mol. The normalized spacial score (nSPS) is 30.8. The zero-order chi connectivity index (χ0) is 5.98. The molecule has 0 bridgehead atoms. The molecule has 0 saturated heterocycles. The van der Waals surface area contributed by atoms with Crippen molar-refractivity contribution in [3.63, 3.8) is 0 Å². The van der Waals surface area contributed by atoms with Gasteiger partial charge in [-0.2, -0.15) is 10.5 Å². The van der Waals surface area contributed by atoms with Crippen LogP contribution < -0.4 is 0 Å². The average molecular weight is 148 g/mol. The van der Waals surface area contributed by atoms with E-state index in [1.807, 2.05) is 0 Å². The molecule has 48 valence electrons. The highest BCUT2D eigenvalue weighted by molar-refractivity contribution is 8.34. The molecule has 1 aliphatic heterocycles. The van der Waals surface area contributed by atoms with Crippen LogP contribution in [0.2, 0.25) is 0 Å². The maximum atomic E-state index is 2.35. The fourth-order valence-corrected chi connectivity index (χ4v) is 3.66. The lowest BCUT2D eigenvalue weighted by Crippen LogP contribution is -1.99. The second-order valence-electron chi connectivity index (χ2n) is 2.03. The van der Waals surface area contributed by atoms with Crippen molar-refractivity contribution in [3.8, 4) is 0 Å². The molecule has 0 amide bonds. The first-order valence-electron chi connectivity index (χ1n) is 2.89. The molecular formula is C6H12S2. The fraction of sp³-hybridized carbons (Fsp3) is 0.833. The first kappa shape index (κ1) is 6.69. The Labute approximate surface area is 58.0 Å². The van der Waals surface area contributed by atoms with E-state index < -0.39 is 0 Å². The molecule has 0 aliphatic carbocycles. The molecular weight excluding hydrogens is 136 g/mol. The second kappa shape index (κ2) is 2.92. The molecule has 2 heteroatoms. The van der Waals surface area contributed by atoms with Crippen molar-refractivity contribution in [1.29, 1.82) is 0 Å². The Bertz CT molecular complexity index is 102. The molecule has 0 aromatic carbocycles. The summed E-state index contributed by atoms with van der Waals surface area (Å²) in [4.78, 5) is 0. The van der Waals surface area contributed by atoms with Crippen LogP contribution in [0.15, 0.2) is 0 Å². The SMILES string of the molecule is CC1=S(C)CCCS1. The van der Waals surface area contributed by atoms with Gasteiger partial charge < -0.3 is 0 Å². The number of thioether (sulfide) groups is 1. The summed E-state index contributed by atoms with van der Waals surface area (Å²) in [6.45, 7) is 2.27. The van der Waals surface area contributed by atoms with E-state index in [2.05, 4.69) is 24.9 Å². The second-order valence-corrected chi connectivity index (χ2v) is 5.90. The van der Waals surface area contributed by atoms with Gasteiger partial charge in [-0.25, -0.2) is 0 Å². The molecule has 0 aromatic heterocycles. The summed E-state index contributed by atoms with van der Waals surface area (Å²) in [6.07, 6.45) is 3.78. The summed E-state index contributed by atoms with van der Waals surface area (Å²) in [5.41, 5.74) is 0. The molecule has 0 radical (unpaired) electrons. The van der Waals surface area contributed by atoms with E-state index in [0.29, 0.717) is 10.5 Å². The van der Waals surface area contributed by atoms with Crippen molar-refractivity contribution in [2.75, 3.05) is 17.8 Å². The maximum Gasteiger partial charge on any atom is 0.00476 e. The largest absolute Gasteiger partial charge is 0.180 e. The van der Waals surface area contributed by atoms with Crippen LogP contribution in [0.5, 0.6) is 0 Å². The quantitative estimate of drug-likeness (QED) is 0.474. The zero-order valence-electron chi connectivity index (χ0n) is 5.44. The molecule has 0 N–H and O–H groups in total. The Morgan fingerprint density at radius 2 is 2.38 bits per heavy atom. The molecule has 0 nitrogen and oxygen atoms in total. The third-order valence-electron chi connectivity index (χ3n) is 1.39. The predicted octanol–water partition coefficient (Wildman–Crippen LogP) is 2.17. The minimum absolute atomic E-state index is 0.645. The van der Waals surface area contributed by atoms with E-state index in [9.17, 15) is 0 Å². The van der Waals surface area contributed by atoms with Gasteiger partial charge in [0.15, 0.2) is 0 Å². The van der Waals surface area contributed by atoms with Crippen molar-refractivity contribution < 1.29 is 0 Å². The molecule has 0 spiro atoms. The summed E-state index contributed by atoms with van der Waals surface area (Å²) >= 11 is 2.06. The average Bonchev–Trinajstić information content (AvgIpc) is 1.77. The van der Waals surface area contributed by atoms with Crippen LogP contribution in [0.25, 0.3) is 0 Å². The molecule has 1 rings (SSSR count). The van der Waals surface area contributed by atoms with Crippen molar-refractivity contribution in [2.45, 2.75) is 13.3 Å². The topological polar surface area (TPSA) is 0 Å². The Hall–Kier alpha value is 0.570. The summed E-state index contributed by atoms with van der Waals surface area (Å²) < 4.78 is 1.66. The maximum absolute atomic E-state index is 2.35. The lowest BCUT2D eigenvalue weighted by Gasteiger charge is -2.13. The lowest BCUT2D eigenvalue weighted by atomic mass is 10.6. The van der Waals surface area contributed by atoms with Crippen LogP contribution in [0.4, 0.5) is 0 Å². The highest BCUT2D eigenvalue weighted by Crippen LogP contribution is 2.25. The van der Waals surface area contributed by atoms with Gasteiger partial charge in [0.1, 0.15) is 0 Å². The van der Waals surface area contributed by atoms with E-state index in [4.69, 9.17) is 0 Å². The Morgan fingerprint density at radius 1 is 1.62 bits per heavy atom. The molecule has 1 heterocycles. The smallest absolute Gasteiger partial charge is 0.00476 e. The fourth-order valence-electron chi connectivity index (χ4n) is 0.736. The minimum atomic E-state index is 0.645. The van der Waals surface area contributed by atoms with Crippen LogP contribution in [0.3, 0.4) is 0 Å². The number of hydrogen-bond donors (Lipinski definition) is 0. The van der Waals surface area contributed by atoms with E-state index in [1.165, 1.54) is 17.9 Å². The van der Waals surface area contributed by atoms with Gasteiger partial charge in [-0.1, -0.05) is 0 Å². The molecule has 0 saturated carbocycles. The minimum Gasteiger partial charge on any atom is -0.180 e. The van der Waals surface area contributed by atoms with Crippen LogP contribution in [-0.2, 0) is 0 Å². The van der Waals surface area contributed by atoms with Gasteiger partial charge in [0.05, 0.1) is 0 Å². The standard InChI is InChI=1S/C6H12S2/c1-6-7-4-3-5-8(6)2/h3-5H2,1-2H3. The first-order valence-corrected chi connectivity index (χ1v) is 5.68. The van der Waals surface area contributed by atoms with Gasteiger partial charge in [-0.05, 0) is 31.1 Å². The lowest BCUT2D eigenvalue weighted by molar-refractivity contribution is 1.13. The van der Waals surface area contributed by atoms with Crippen LogP contribution in [0.1, 0.15) is 13.3 Å². The van der Waals surface area contributed by atoms with Crippen LogP contribution >= 0.6 is 22.2 Å². The van der Waals surface area contributed by atoms with Crippen molar-refractivity contribution in [2.24, 2.45) is 0 Å². The first-order chi connectivity index (χ1) is 3.80. The van der Waals surface area contributed by atoms with Crippen molar-refractivity contribution in [1.82, 2.24) is 0 Å². The van der Waals surface area contributed by atoms with E-state index in [1.54, 1.807) is 4.20 Å². The Kier molecular flexibility index (Phi) is 2.44. The van der Waals surface area contributed by atoms with Crippen LogP contribution in [0, 0.1) is 0 Å². The van der Waals surface area contributed by atoms with Gasteiger partial charge in [0.25, 0.3) is 0 Å². The van der Waals surface area contributed by atoms with Crippen LogP contribution in [-0.4, -0.2) is 22.0 Å². The third kappa shape index (κ3) is 1.52. The Balaban J connectivity index is 2.60. The molecule has 1 aliphatic rings. The third-order valence-corrected chi connectivity index (χ3v) is 5.38. The summed E-state index contributed by atoms with van der Waals surface area (Å²) in [6, 6.07) is 0. The van der Waals surface area contributed by atoms with E-state index in [-0.39, 0.29) is 0 Å². The van der Waals surface area contributed by atoms with Gasteiger partial charge in [0, 0.05) is 4.20 Å². The highest BCUT2D eigenvalue weighted by atomic mass is 32.2. The zero-order valence-corrected chi connectivity index (χ0v) is 7.07. The van der Waals surface area contributed by atoms with E-state index in [0.717, 1.165) is 0 Å². The Morgan fingerprint density at radius 3 is 2.75 bits per heavy atom. The van der Waals surface area contributed by atoms with Gasteiger partial charge in [-0.3, -0.25) is 0 Å². The number of rotatable bonds is 0. The predicted molar refractivity (Wildman–Crippen MR) is 46.1 cm³/mol. The van der Waals surface area contributed by atoms with Gasteiger partial charge in [0.2, 0.25) is 0 Å². The molecule has 0 fully saturated rings. The number of hydrogen-bond acceptors (Lipinski definition) is 1. The van der Waals surface area contributed by atoms with Gasteiger partial charge in [-0.15, -0.1) is 11.8 Å². The molecule has 8 heavy (non-hydrogen) atoms. The highest BCUT2D eigenvalue weighted by Gasteiger charge is 2.02. The molecule has 1 atom stereocenters. The van der Waals surface area contributed by atoms with E-state index >= 15 is 0 Å². The van der Waals surface area contributed by atoms with Gasteiger partial charge >= 0.3 is 0 Å². The van der Waals surface area contributed by atoms with Crippen molar-refractivity contribution in [3.05, 3.63) is 0 Å².